The zero-order valence-electron chi connectivity index (χ0n) is 14.4. The van der Waals surface area contributed by atoms with Crippen LogP contribution in [0.1, 0.15) is 31.7 Å². The minimum Gasteiger partial charge on any atom is -0.377 e. The van der Waals surface area contributed by atoms with Crippen LogP contribution in [0, 0.1) is 0 Å². The molecule has 1 N–H and O–H groups in total. The number of carbonyl (C=O) groups is 1. The fraction of sp³-hybridized carbons (Fsp3) is 0.368. The van der Waals surface area contributed by atoms with Crippen LogP contribution in [-0.4, -0.2) is 20.0 Å². The van der Waals surface area contributed by atoms with Gasteiger partial charge in [-0.1, -0.05) is 26.0 Å². The molecule has 1 aromatic heterocycles. The Morgan fingerprint density at radius 3 is 2.26 bits per heavy atom. The van der Waals surface area contributed by atoms with E-state index in [0.29, 0.717) is 12.5 Å². The summed E-state index contributed by atoms with van der Waals surface area (Å²) < 4.78 is 1.87. The lowest BCUT2D eigenvalue weighted by atomic mass is 9.99. The third-order valence-electron chi connectivity index (χ3n) is 4.09. The Bertz CT molecular complexity index is 633. The van der Waals surface area contributed by atoms with E-state index >= 15 is 0 Å². The Balaban J connectivity index is 1.94. The van der Waals surface area contributed by atoms with Crippen LogP contribution in [0.5, 0.6) is 0 Å². The SMILES string of the molecule is CC[C@H](C)c1ccc(NC(=O)C[n+]2ccc(N(C)C)cc2)cc1. The van der Waals surface area contributed by atoms with E-state index in [4.69, 9.17) is 0 Å². The van der Waals surface area contributed by atoms with Crippen LogP contribution in [0.4, 0.5) is 11.4 Å². The summed E-state index contributed by atoms with van der Waals surface area (Å²) in [7, 11) is 3.99. The van der Waals surface area contributed by atoms with Crippen LogP contribution in [0.2, 0.25) is 0 Å². The van der Waals surface area contributed by atoms with E-state index in [2.05, 4.69) is 31.3 Å². The van der Waals surface area contributed by atoms with Crippen LogP contribution in [0.15, 0.2) is 48.8 Å². The molecule has 0 aliphatic rings. The lowest BCUT2D eigenvalue weighted by molar-refractivity contribution is -0.684. The van der Waals surface area contributed by atoms with Crippen LogP contribution < -0.4 is 14.8 Å². The molecule has 0 bridgehead atoms. The van der Waals surface area contributed by atoms with E-state index in [9.17, 15) is 4.79 Å². The van der Waals surface area contributed by atoms with Crippen LogP contribution >= 0.6 is 0 Å². The second-order valence-corrected chi connectivity index (χ2v) is 6.10. The standard InChI is InChI=1S/C19H25N3O/c1-5-15(2)16-6-8-17(9-7-16)20-19(23)14-22-12-10-18(11-13-22)21(3)4/h6-13,15H,5,14H2,1-4H3/p+1/t15-/m0/s1. The van der Waals surface area contributed by atoms with Crippen molar-refractivity contribution in [1.29, 1.82) is 0 Å². The van der Waals surface area contributed by atoms with Gasteiger partial charge in [-0.25, -0.2) is 0 Å². The molecule has 0 aliphatic carbocycles. The number of aromatic nitrogens is 1. The summed E-state index contributed by atoms with van der Waals surface area (Å²) in [4.78, 5) is 14.2. The molecule has 0 unspecified atom stereocenters. The highest BCUT2D eigenvalue weighted by Gasteiger charge is 2.10. The zero-order valence-corrected chi connectivity index (χ0v) is 14.4. The molecule has 1 aromatic carbocycles. The maximum absolute atomic E-state index is 12.1. The molecule has 0 saturated carbocycles. The van der Waals surface area contributed by atoms with Crippen molar-refractivity contribution < 1.29 is 9.36 Å². The van der Waals surface area contributed by atoms with E-state index in [1.807, 2.05) is 60.2 Å². The Morgan fingerprint density at radius 1 is 1.13 bits per heavy atom. The van der Waals surface area contributed by atoms with E-state index in [0.717, 1.165) is 17.8 Å². The fourth-order valence-corrected chi connectivity index (χ4v) is 2.35. The van der Waals surface area contributed by atoms with Gasteiger partial charge in [0.15, 0.2) is 12.4 Å². The molecule has 2 rings (SSSR count). The average Bonchev–Trinajstić information content (AvgIpc) is 2.55. The summed E-state index contributed by atoms with van der Waals surface area (Å²) in [5, 5.41) is 2.94. The molecule has 4 nitrogen and oxygen atoms in total. The highest BCUT2D eigenvalue weighted by Crippen LogP contribution is 2.20. The number of nitrogens with zero attached hydrogens (tertiary/aromatic N) is 2. The minimum absolute atomic E-state index is 0.0242. The highest BCUT2D eigenvalue weighted by atomic mass is 16.1. The molecule has 0 spiro atoms. The van der Waals surface area contributed by atoms with Crippen molar-refractivity contribution in [2.45, 2.75) is 32.7 Å². The highest BCUT2D eigenvalue weighted by molar-refractivity contribution is 5.89. The van der Waals surface area contributed by atoms with Gasteiger partial charge < -0.3 is 10.2 Å². The monoisotopic (exact) mass is 312 g/mol. The van der Waals surface area contributed by atoms with Gasteiger partial charge in [0.1, 0.15) is 0 Å². The van der Waals surface area contributed by atoms with Gasteiger partial charge in [0, 0.05) is 37.6 Å². The predicted molar refractivity (Wildman–Crippen MR) is 94.7 cm³/mol. The van der Waals surface area contributed by atoms with Gasteiger partial charge in [-0.05, 0) is 30.0 Å². The number of rotatable bonds is 6. The van der Waals surface area contributed by atoms with E-state index < -0.39 is 0 Å². The maximum atomic E-state index is 12.1. The summed E-state index contributed by atoms with van der Waals surface area (Å²) in [6.07, 6.45) is 4.95. The second-order valence-electron chi connectivity index (χ2n) is 6.10. The smallest absolute Gasteiger partial charge is 0.290 e. The number of benzene rings is 1. The lowest BCUT2D eigenvalue weighted by Crippen LogP contribution is -2.39. The average molecular weight is 312 g/mol. The maximum Gasteiger partial charge on any atom is 0.290 e. The molecule has 1 heterocycles. The van der Waals surface area contributed by atoms with Crippen molar-refractivity contribution in [3.63, 3.8) is 0 Å². The van der Waals surface area contributed by atoms with Crippen molar-refractivity contribution in [2.75, 3.05) is 24.3 Å². The van der Waals surface area contributed by atoms with Crippen LogP contribution in [0.25, 0.3) is 0 Å². The van der Waals surface area contributed by atoms with Crippen molar-refractivity contribution in [3.8, 4) is 0 Å². The number of hydrogen-bond acceptors (Lipinski definition) is 2. The summed E-state index contributed by atoms with van der Waals surface area (Å²) in [6.45, 7) is 4.70. The number of amides is 1. The molecule has 4 heteroatoms. The van der Waals surface area contributed by atoms with Crippen LogP contribution in [-0.2, 0) is 11.3 Å². The summed E-state index contributed by atoms with van der Waals surface area (Å²) >= 11 is 0. The summed E-state index contributed by atoms with van der Waals surface area (Å²) in [5.41, 5.74) is 3.26. The normalized spacial score (nSPS) is 11.8. The predicted octanol–water partition coefficient (Wildman–Crippen LogP) is 3.19. The first-order chi connectivity index (χ1) is 11.0. The van der Waals surface area contributed by atoms with Gasteiger partial charge in [0.05, 0.1) is 0 Å². The Morgan fingerprint density at radius 2 is 1.74 bits per heavy atom. The molecule has 0 radical (unpaired) electrons. The van der Waals surface area contributed by atoms with E-state index in [1.54, 1.807) is 0 Å². The van der Waals surface area contributed by atoms with E-state index in [1.165, 1.54) is 5.56 Å². The van der Waals surface area contributed by atoms with Gasteiger partial charge in [0.2, 0.25) is 6.54 Å². The third kappa shape index (κ3) is 4.81. The molecule has 0 fully saturated rings. The molecule has 1 atom stereocenters. The van der Waals surface area contributed by atoms with E-state index in [-0.39, 0.29) is 5.91 Å². The van der Waals surface area contributed by atoms with Gasteiger partial charge in [-0.15, -0.1) is 0 Å². The van der Waals surface area contributed by atoms with Gasteiger partial charge in [0.25, 0.3) is 5.91 Å². The van der Waals surface area contributed by atoms with Crippen molar-refractivity contribution >= 4 is 17.3 Å². The molecule has 0 saturated heterocycles. The second kappa shape index (κ2) is 7.77. The molecular weight excluding hydrogens is 286 g/mol. The first-order valence-electron chi connectivity index (χ1n) is 8.06. The third-order valence-corrected chi connectivity index (χ3v) is 4.09. The van der Waals surface area contributed by atoms with Crippen LogP contribution in [0.3, 0.4) is 0 Å². The molecular formula is C19H26N3O+. The summed E-state index contributed by atoms with van der Waals surface area (Å²) in [6, 6.07) is 12.1. The number of carbonyl (C=O) groups excluding carboxylic acids is 1. The first-order valence-corrected chi connectivity index (χ1v) is 8.06. The zero-order chi connectivity index (χ0) is 16.8. The number of hydrogen-bond donors (Lipinski definition) is 1. The van der Waals surface area contributed by atoms with Crippen molar-refractivity contribution in [2.24, 2.45) is 0 Å². The van der Waals surface area contributed by atoms with Crippen molar-refractivity contribution in [3.05, 3.63) is 54.4 Å². The number of pyridine rings is 1. The van der Waals surface area contributed by atoms with Gasteiger partial charge >= 0.3 is 0 Å². The Kier molecular flexibility index (Phi) is 5.74. The fourth-order valence-electron chi connectivity index (χ4n) is 2.35. The largest absolute Gasteiger partial charge is 0.377 e. The molecule has 2 aromatic rings. The number of nitrogens with one attached hydrogen (secondary N) is 1. The Labute approximate surface area is 138 Å². The molecule has 23 heavy (non-hydrogen) atoms. The first kappa shape index (κ1) is 17.0. The molecule has 0 aliphatic heterocycles. The number of anilines is 2. The molecule has 122 valence electrons. The quantitative estimate of drug-likeness (QED) is 0.832. The lowest BCUT2D eigenvalue weighted by Gasteiger charge is -2.11. The van der Waals surface area contributed by atoms with Crippen molar-refractivity contribution in [1.82, 2.24) is 0 Å². The minimum atomic E-state index is -0.0242. The molecule has 1 amide bonds. The van der Waals surface area contributed by atoms with Gasteiger partial charge in [-0.2, -0.15) is 4.57 Å². The Hall–Kier alpha value is -2.36. The topological polar surface area (TPSA) is 36.2 Å². The summed E-state index contributed by atoms with van der Waals surface area (Å²) in [5.74, 6) is 0.523. The van der Waals surface area contributed by atoms with Gasteiger partial charge in [-0.3, -0.25) is 4.79 Å².